The van der Waals surface area contributed by atoms with Gasteiger partial charge in [-0.15, -0.1) is 4.73 Å². The quantitative estimate of drug-likeness (QED) is 0.628. The number of aromatic nitrogens is 4. The van der Waals surface area contributed by atoms with Crippen LogP contribution in [-0.4, -0.2) is 49.4 Å². The summed E-state index contributed by atoms with van der Waals surface area (Å²) in [5.41, 5.74) is -1.42. The van der Waals surface area contributed by atoms with E-state index in [0.29, 0.717) is 13.0 Å². The van der Waals surface area contributed by atoms with Gasteiger partial charge in [0.15, 0.2) is 5.52 Å². The zero-order valence-electron chi connectivity index (χ0n) is 13.6. The van der Waals surface area contributed by atoms with Crippen molar-refractivity contribution < 1.29 is 23.6 Å². The SMILES string of the molecule is CC(C)C(=O)Nc1nc2c(ncn2OP(=O)(O)C2CCOC2)c(=O)[nH]1. The molecule has 1 saturated heterocycles. The zero-order chi connectivity index (χ0) is 18.2. The maximum Gasteiger partial charge on any atom is 0.401 e. The number of nitrogens with zero attached hydrogens (tertiary/aromatic N) is 3. The van der Waals surface area contributed by atoms with Gasteiger partial charge in [0.25, 0.3) is 5.56 Å². The molecule has 11 nitrogen and oxygen atoms in total. The molecule has 2 aromatic rings. The average Bonchev–Trinajstić information content (AvgIpc) is 3.18. The van der Waals surface area contributed by atoms with Gasteiger partial charge >= 0.3 is 7.60 Å². The number of hydrogen-bond acceptors (Lipinski definition) is 7. The molecule has 0 spiro atoms. The predicted molar refractivity (Wildman–Crippen MR) is 87.2 cm³/mol. The Kier molecular flexibility index (Phi) is 4.63. The Morgan fingerprint density at radius 3 is 3.00 bits per heavy atom. The van der Waals surface area contributed by atoms with E-state index in [9.17, 15) is 19.0 Å². The second kappa shape index (κ2) is 6.58. The van der Waals surface area contributed by atoms with Crippen LogP contribution in [0.5, 0.6) is 0 Å². The van der Waals surface area contributed by atoms with E-state index < -0.39 is 18.8 Å². The molecule has 0 aromatic carbocycles. The molecule has 0 radical (unpaired) electrons. The minimum absolute atomic E-state index is 0.0732. The van der Waals surface area contributed by atoms with Crippen molar-refractivity contribution in [1.29, 1.82) is 0 Å². The van der Waals surface area contributed by atoms with Crippen LogP contribution in [0.15, 0.2) is 11.1 Å². The van der Waals surface area contributed by atoms with E-state index >= 15 is 0 Å². The molecule has 12 heteroatoms. The largest absolute Gasteiger partial charge is 0.401 e. The third-order valence-corrected chi connectivity index (χ3v) is 5.46. The number of amides is 1. The lowest BCUT2D eigenvalue weighted by Crippen LogP contribution is -2.23. The number of carbonyl (C=O) groups is 1. The number of ether oxygens (including phenoxy) is 1. The summed E-state index contributed by atoms with van der Waals surface area (Å²) in [6.45, 7) is 3.87. The average molecular weight is 371 g/mol. The summed E-state index contributed by atoms with van der Waals surface area (Å²) < 4.78 is 23.5. The van der Waals surface area contributed by atoms with Crippen molar-refractivity contribution in [3.63, 3.8) is 0 Å². The van der Waals surface area contributed by atoms with Crippen LogP contribution in [-0.2, 0) is 14.1 Å². The van der Waals surface area contributed by atoms with Gasteiger partial charge in [-0.2, -0.15) is 4.98 Å². The van der Waals surface area contributed by atoms with Crippen LogP contribution in [0.25, 0.3) is 11.2 Å². The number of H-pyrrole nitrogens is 1. The molecule has 3 rings (SSSR count). The second-order valence-corrected chi connectivity index (χ2v) is 7.99. The number of fused-ring (bicyclic) bond motifs is 1. The number of nitrogens with one attached hydrogen (secondary N) is 2. The van der Waals surface area contributed by atoms with Gasteiger partial charge in [-0.3, -0.25) is 19.9 Å². The van der Waals surface area contributed by atoms with Gasteiger partial charge in [-0.1, -0.05) is 13.8 Å². The van der Waals surface area contributed by atoms with E-state index in [-0.39, 0.29) is 35.5 Å². The Morgan fingerprint density at radius 2 is 2.36 bits per heavy atom. The fourth-order valence-electron chi connectivity index (χ4n) is 2.24. The lowest BCUT2D eigenvalue weighted by Gasteiger charge is -2.17. The summed E-state index contributed by atoms with van der Waals surface area (Å²) in [5, 5.41) is 2.46. The maximum absolute atomic E-state index is 12.4. The number of imidazole rings is 1. The van der Waals surface area contributed by atoms with E-state index in [1.165, 1.54) is 0 Å². The normalized spacial score (nSPS) is 19.9. The zero-order valence-corrected chi connectivity index (χ0v) is 14.5. The summed E-state index contributed by atoms with van der Waals surface area (Å²) in [5.74, 6) is -0.758. The third kappa shape index (κ3) is 3.58. The molecule has 2 unspecified atom stereocenters. The molecule has 1 aliphatic heterocycles. The highest BCUT2D eigenvalue weighted by Gasteiger charge is 2.38. The first kappa shape index (κ1) is 17.6. The van der Waals surface area contributed by atoms with Crippen molar-refractivity contribution in [3.05, 3.63) is 16.7 Å². The highest BCUT2D eigenvalue weighted by atomic mass is 31.2. The molecule has 1 amide bonds. The van der Waals surface area contributed by atoms with Crippen molar-refractivity contribution >= 4 is 30.6 Å². The second-order valence-electron chi connectivity index (χ2n) is 5.96. The molecule has 3 heterocycles. The number of rotatable bonds is 5. The monoisotopic (exact) mass is 371 g/mol. The lowest BCUT2D eigenvalue weighted by atomic mass is 10.2. The Balaban J connectivity index is 1.94. The third-order valence-electron chi connectivity index (χ3n) is 3.72. The van der Waals surface area contributed by atoms with Gasteiger partial charge < -0.3 is 14.3 Å². The summed E-state index contributed by atoms with van der Waals surface area (Å²) >= 11 is 0. The Morgan fingerprint density at radius 1 is 1.60 bits per heavy atom. The fourth-order valence-corrected chi connectivity index (χ4v) is 3.47. The van der Waals surface area contributed by atoms with Crippen molar-refractivity contribution in [2.45, 2.75) is 25.9 Å². The fraction of sp³-hybridized carbons (Fsp3) is 0.538. The molecule has 0 saturated carbocycles. The van der Waals surface area contributed by atoms with E-state index in [0.717, 1.165) is 11.1 Å². The molecule has 3 N–H and O–H groups in total. The van der Waals surface area contributed by atoms with Crippen LogP contribution in [0.2, 0.25) is 0 Å². The Hall–Kier alpha value is -2.23. The first-order valence-electron chi connectivity index (χ1n) is 7.66. The van der Waals surface area contributed by atoms with Gasteiger partial charge in [0.05, 0.1) is 12.3 Å². The Bertz CT molecular complexity index is 900. The first-order valence-corrected chi connectivity index (χ1v) is 9.31. The van der Waals surface area contributed by atoms with Crippen molar-refractivity contribution in [3.8, 4) is 0 Å². The predicted octanol–water partition coefficient (Wildman–Crippen LogP) is 0.117. The Labute approximate surface area is 141 Å². The van der Waals surface area contributed by atoms with Crippen LogP contribution in [0.4, 0.5) is 5.95 Å². The van der Waals surface area contributed by atoms with E-state index in [2.05, 4.69) is 20.3 Å². The molecule has 0 aliphatic carbocycles. The van der Waals surface area contributed by atoms with Crippen molar-refractivity contribution in [2.24, 2.45) is 5.92 Å². The molecule has 1 fully saturated rings. The van der Waals surface area contributed by atoms with Gasteiger partial charge in [0.2, 0.25) is 17.5 Å². The van der Waals surface area contributed by atoms with Gasteiger partial charge in [0, 0.05) is 12.5 Å². The number of carbonyl (C=O) groups excluding carboxylic acids is 1. The molecule has 136 valence electrons. The highest BCUT2D eigenvalue weighted by Crippen LogP contribution is 2.47. The molecule has 2 atom stereocenters. The first-order chi connectivity index (χ1) is 11.8. The van der Waals surface area contributed by atoms with Crippen LogP contribution in [0.3, 0.4) is 0 Å². The van der Waals surface area contributed by atoms with Crippen LogP contribution >= 0.6 is 7.60 Å². The summed E-state index contributed by atoms with van der Waals surface area (Å²) in [7, 11) is -4.05. The van der Waals surface area contributed by atoms with Crippen molar-refractivity contribution in [1.82, 2.24) is 19.7 Å². The van der Waals surface area contributed by atoms with Crippen LogP contribution in [0.1, 0.15) is 20.3 Å². The molecule has 0 bridgehead atoms. The summed E-state index contributed by atoms with van der Waals surface area (Å²) in [6.07, 6.45) is 1.48. The summed E-state index contributed by atoms with van der Waals surface area (Å²) in [4.78, 5) is 44.2. The van der Waals surface area contributed by atoms with E-state index in [1.807, 2.05) is 0 Å². The van der Waals surface area contributed by atoms with Gasteiger partial charge in [0.1, 0.15) is 6.33 Å². The standard InChI is InChI=1S/C13H18N5O6P/c1-7(2)11(19)16-13-15-10-9(12(20)17-13)14-6-18(10)24-25(21,22)8-3-4-23-5-8/h6-8H,3-5H2,1-2H3,(H,21,22)(H2,15,16,17,19,20). The maximum atomic E-state index is 12.4. The highest BCUT2D eigenvalue weighted by molar-refractivity contribution is 7.53. The molecule has 2 aromatic heterocycles. The van der Waals surface area contributed by atoms with Gasteiger partial charge in [-0.05, 0) is 6.42 Å². The van der Waals surface area contributed by atoms with Crippen LogP contribution in [0, 0.1) is 5.92 Å². The molecule has 1 aliphatic rings. The molecular formula is C13H18N5O6P. The lowest BCUT2D eigenvalue weighted by molar-refractivity contribution is -0.118. The van der Waals surface area contributed by atoms with Crippen LogP contribution < -0.4 is 15.5 Å². The number of aromatic amines is 1. The molecular weight excluding hydrogens is 353 g/mol. The van der Waals surface area contributed by atoms with Crippen molar-refractivity contribution in [2.75, 3.05) is 18.5 Å². The minimum atomic E-state index is -4.05. The topological polar surface area (TPSA) is 148 Å². The van der Waals surface area contributed by atoms with Gasteiger partial charge in [-0.25, -0.2) is 9.55 Å². The van der Waals surface area contributed by atoms with E-state index in [1.54, 1.807) is 13.8 Å². The smallest absolute Gasteiger partial charge is 0.380 e. The number of hydrogen-bond donors (Lipinski definition) is 3. The summed E-state index contributed by atoms with van der Waals surface area (Å²) in [6, 6.07) is 0. The van der Waals surface area contributed by atoms with E-state index in [4.69, 9.17) is 9.36 Å². The number of anilines is 1. The minimum Gasteiger partial charge on any atom is -0.380 e. The molecule has 25 heavy (non-hydrogen) atoms.